The molecule has 4 rings (SSSR count). The number of benzene rings is 1. The van der Waals surface area contributed by atoms with Crippen molar-refractivity contribution in [3.05, 3.63) is 81.7 Å². The van der Waals surface area contributed by atoms with Gasteiger partial charge < -0.3 is 15.7 Å². The summed E-state index contributed by atoms with van der Waals surface area (Å²) in [7, 11) is 0. The molecule has 3 N–H and O–H groups in total. The van der Waals surface area contributed by atoms with Crippen molar-refractivity contribution in [1.29, 1.82) is 0 Å². The van der Waals surface area contributed by atoms with Gasteiger partial charge in [0.2, 0.25) is 5.91 Å². The van der Waals surface area contributed by atoms with Crippen molar-refractivity contribution in [3.63, 3.8) is 0 Å². The van der Waals surface area contributed by atoms with Crippen LogP contribution in [-0.4, -0.2) is 43.8 Å². The number of carbonyl (C=O) groups is 3. The Hall–Kier alpha value is -4.60. The quantitative estimate of drug-likeness (QED) is 0.280. The average Bonchev–Trinajstić information content (AvgIpc) is 2.93. The van der Waals surface area contributed by atoms with Crippen LogP contribution >= 0.6 is 0 Å². The Morgan fingerprint density at radius 2 is 1.90 bits per heavy atom. The number of aromatic nitrogens is 3. The standard InChI is InChI=1S/C29H31N5O5/c1-5-16(2)18(4)26(35)32-20-8-9-21-17(3)15-34-25(22(21)13-20)33-23(24(28(34)37)29(38)39)10-12-31-27(36)19-7-6-11-30-14-19/h6-9,11,13-16,18H,5,10,12H2,1-4H3,(H,31,36)(H,32,35)(H,38,39). The molecular formula is C29H31N5O5. The fraction of sp³-hybridized carbons (Fsp3) is 0.310. The van der Waals surface area contributed by atoms with Gasteiger partial charge in [0.15, 0.2) is 0 Å². The summed E-state index contributed by atoms with van der Waals surface area (Å²) in [5.41, 5.74) is 0.826. The molecule has 4 aromatic rings. The van der Waals surface area contributed by atoms with Crippen LogP contribution in [0.3, 0.4) is 0 Å². The van der Waals surface area contributed by atoms with Crippen molar-refractivity contribution in [2.24, 2.45) is 11.8 Å². The summed E-state index contributed by atoms with van der Waals surface area (Å²) in [6.45, 7) is 7.83. The largest absolute Gasteiger partial charge is 0.477 e. The first-order valence-corrected chi connectivity index (χ1v) is 12.8. The summed E-state index contributed by atoms with van der Waals surface area (Å²) in [5.74, 6) is -1.85. The zero-order valence-corrected chi connectivity index (χ0v) is 22.3. The molecule has 2 amide bonds. The Labute approximate surface area is 225 Å². The monoisotopic (exact) mass is 529 g/mol. The lowest BCUT2D eigenvalue weighted by Crippen LogP contribution is -2.30. The maximum atomic E-state index is 13.3. The highest BCUT2D eigenvalue weighted by molar-refractivity contribution is 6.01. The maximum Gasteiger partial charge on any atom is 0.343 e. The molecular weight excluding hydrogens is 498 g/mol. The van der Waals surface area contributed by atoms with E-state index in [1.165, 1.54) is 10.6 Å². The molecule has 2 atom stereocenters. The smallest absolute Gasteiger partial charge is 0.343 e. The van der Waals surface area contributed by atoms with Gasteiger partial charge in [-0.3, -0.25) is 23.8 Å². The summed E-state index contributed by atoms with van der Waals surface area (Å²) in [5, 5.41) is 16.9. The summed E-state index contributed by atoms with van der Waals surface area (Å²) in [6.07, 6.45) is 5.44. The molecule has 0 aliphatic carbocycles. The highest BCUT2D eigenvalue weighted by atomic mass is 16.4. The van der Waals surface area contributed by atoms with Crippen molar-refractivity contribution in [2.75, 3.05) is 11.9 Å². The molecule has 0 radical (unpaired) electrons. The number of anilines is 1. The molecule has 0 spiro atoms. The lowest BCUT2D eigenvalue weighted by Gasteiger charge is -2.18. The third-order valence-corrected chi connectivity index (χ3v) is 7.16. The number of nitrogens with zero attached hydrogens (tertiary/aromatic N) is 3. The lowest BCUT2D eigenvalue weighted by molar-refractivity contribution is -0.120. The van der Waals surface area contributed by atoms with Gasteiger partial charge in [0.1, 0.15) is 11.2 Å². The normalized spacial score (nSPS) is 12.7. The number of aryl methyl sites for hydroxylation is 1. The van der Waals surface area contributed by atoms with Crippen molar-refractivity contribution >= 4 is 39.9 Å². The fourth-order valence-corrected chi connectivity index (χ4v) is 4.46. The molecule has 3 heterocycles. The van der Waals surface area contributed by atoms with Crippen LogP contribution in [0, 0.1) is 18.8 Å². The van der Waals surface area contributed by atoms with Crippen LogP contribution in [0.5, 0.6) is 0 Å². The Morgan fingerprint density at radius 3 is 2.56 bits per heavy atom. The van der Waals surface area contributed by atoms with Crippen LogP contribution in [0.2, 0.25) is 0 Å². The number of carboxylic acid groups (broad SMARTS) is 1. The minimum Gasteiger partial charge on any atom is -0.477 e. The van der Waals surface area contributed by atoms with Gasteiger partial charge in [0, 0.05) is 48.5 Å². The Balaban J connectivity index is 1.74. The molecule has 0 saturated heterocycles. The highest BCUT2D eigenvalue weighted by Gasteiger charge is 2.22. The minimum atomic E-state index is -1.40. The van der Waals surface area contributed by atoms with E-state index in [1.807, 2.05) is 33.8 Å². The number of aromatic carboxylic acids is 1. The molecule has 0 fully saturated rings. The van der Waals surface area contributed by atoms with E-state index in [0.29, 0.717) is 16.6 Å². The van der Waals surface area contributed by atoms with Crippen LogP contribution in [0.25, 0.3) is 16.4 Å². The predicted octanol–water partition coefficient (Wildman–Crippen LogP) is 3.84. The van der Waals surface area contributed by atoms with Gasteiger partial charge in [0.25, 0.3) is 11.5 Å². The van der Waals surface area contributed by atoms with E-state index in [4.69, 9.17) is 0 Å². The third kappa shape index (κ3) is 5.64. The predicted molar refractivity (Wildman–Crippen MR) is 148 cm³/mol. The van der Waals surface area contributed by atoms with E-state index in [9.17, 15) is 24.3 Å². The SMILES string of the molecule is CCC(C)C(C)C(=O)Nc1ccc2c(C)cn3c(=O)c(C(=O)O)c(CCNC(=O)c4cccnc4)nc3c2c1. The Morgan fingerprint density at radius 1 is 1.13 bits per heavy atom. The molecule has 202 valence electrons. The molecule has 0 aliphatic rings. The lowest BCUT2D eigenvalue weighted by atomic mass is 9.93. The fourth-order valence-electron chi connectivity index (χ4n) is 4.46. The van der Waals surface area contributed by atoms with Crippen LogP contribution < -0.4 is 16.2 Å². The van der Waals surface area contributed by atoms with Crippen molar-refractivity contribution < 1.29 is 19.5 Å². The van der Waals surface area contributed by atoms with E-state index in [0.717, 1.165) is 17.4 Å². The molecule has 3 aromatic heterocycles. The number of amides is 2. The Bertz CT molecular complexity index is 1630. The second-order valence-electron chi connectivity index (χ2n) is 9.72. The molecule has 10 heteroatoms. The van der Waals surface area contributed by atoms with Gasteiger partial charge in [-0.1, -0.05) is 33.3 Å². The average molecular weight is 530 g/mol. The number of fused-ring (bicyclic) bond motifs is 3. The first-order chi connectivity index (χ1) is 18.6. The van der Waals surface area contributed by atoms with E-state index < -0.39 is 17.1 Å². The van der Waals surface area contributed by atoms with E-state index >= 15 is 0 Å². The summed E-state index contributed by atoms with van der Waals surface area (Å²) in [6, 6.07) is 8.64. The van der Waals surface area contributed by atoms with Crippen LogP contribution in [0.4, 0.5) is 5.69 Å². The van der Waals surface area contributed by atoms with Gasteiger partial charge >= 0.3 is 5.97 Å². The first kappa shape index (κ1) is 27.4. The zero-order chi connectivity index (χ0) is 28.3. The number of hydrogen-bond donors (Lipinski definition) is 3. The summed E-state index contributed by atoms with van der Waals surface area (Å²) >= 11 is 0. The van der Waals surface area contributed by atoms with Crippen LogP contribution in [0.1, 0.15) is 59.2 Å². The number of hydrogen-bond acceptors (Lipinski definition) is 6. The van der Waals surface area contributed by atoms with E-state index in [2.05, 4.69) is 20.6 Å². The molecule has 2 unspecified atom stereocenters. The highest BCUT2D eigenvalue weighted by Crippen LogP contribution is 2.27. The number of pyridine rings is 2. The maximum absolute atomic E-state index is 13.3. The minimum absolute atomic E-state index is 0.0254. The summed E-state index contributed by atoms with van der Waals surface area (Å²) < 4.78 is 1.23. The number of carbonyl (C=O) groups excluding carboxylic acids is 2. The van der Waals surface area contributed by atoms with E-state index in [-0.39, 0.29) is 48.0 Å². The van der Waals surface area contributed by atoms with Gasteiger partial charge in [-0.05, 0) is 48.1 Å². The van der Waals surface area contributed by atoms with Crippen LogP contribution in [-0.2, 0) is 11.2 Å². The molecule has 39 heavy (non-hydrogen) atoms. The third-order valence-electron chi connectivity index (χ3n) is 7.16. The topological polar surface area (TPSA) is 143 Å². The summed E-state index contributed by atoms with van der Waals surface area (Å²) in [4.78, 5) is 59.1. The Kier molecular flexibility index (Phi) is 8.04. The second kappa shape index (κ2) is 11.4. The van der Waals surface area contributed by atoms with Crippen molar-refractivity contribution in [2.45, 2.75) is 40.5 Å². The van der Waals surface area contributed by atoms with Crippen LogP contribution in [0.15, 0.2) is 53.7 Å². The molecule has 0 bridgehead atoms. The van der Waals surface area contributed by atoms with Crippen molar-refractivity contribution in [1.82, 2.24) is 19.7 Å². The number of carboxylic acids is 1. The van der Waals surface area contributed by atoms with E-state index in [1.54, 1.807) is 36.7 Å². The molecule has 1 aromatic carbocycles. The molecule has 10 nitrogen and oxygen atoms in total. The molecule has 0 aliphatic heterocycles. The first-order valence-electron chi connectivity index (χ1n) is 12.8. The van der Waals surface area contributed by atoms with Gasteiger partial charge in [0.05, 0.1) is 11.3 Å². The number of nitrogens with one attached hydrogen (secondary N) is 2. The zero-order valence-electron chi connectivity index (χ0n) is 22.3. The van der Waals surface area contributed by atoms with Gasteiger partial charge in [-0.25, -0.2) is 9.78 Å². The van der Waals surface area contributed by atoms with Gasteiger partial charge in [-0.15, -0.1) is 0 Å². The van der Waals surface area contributed by atoms with Gasteiger partial charge in [-0.2, -0.15) is 0 Å². The number of rotatable bonds is 9. The molecule has 0 saturated carbocycles. The second-order valence-corrected chi connectivity index (χ2v) is 9.72. The van der Waals surface area contributed by atoms with Crippen molar-refractivity contribution in [3.8, 4) is 0 Å².